The minimum Gasteiger partial charge on any atom is -0.462 e. The maximum atomic E-state index is 13.0. The van der Waals surface area contributed by atoms with Gasteiger partial charge in [-0.3, -0.25) is 23.4 Å². The van der Waals surface area contributed by atoms with Crippen molar-refractivity contribution in [3.63, 3.8) is 0 Å². The predicted molar refractivity (Wildman–Crippen MR) is 334 cm³/mol. The van der Waals surface area contributed by atoms with Crippen LogP contribution in [0.15, 0.2) is 109 Å². The van der Waals surface area contributed by atoms with Crippen LogP contribution in [0.4, 0.5) is 0 Å². The Bertz CT molecular complexity index is 1760. The van der Waals surface area contributed by atoms with E-state index in [4.69, 9.17) is 23.3 Å². The Morgan fingerprint density at radius 1 is 0.362 bits per heavy atom. The molecule has 458 valence electrons. The molecule has 0 aliphatic carbocycles. The highest BCUT2D eigenvalue weighted by atomic mass is 31.2. The Morgan fingerprint density at radius 2 is 0.650 bits per heavy atom. The molecule has 0 fully saturated rings. The summed E-state index contributed by atoms with van der Waals surface area (Å²) in [6.07, 6.45) is 74.6. The van der Waals surface area contributed by atoms with Crippen LogP contribution < -0.4 is 0 Å². The smallest absolute Gasteiger partial charge is 0.462 e. The lowest BCUT2D eigenvalue weighted by molar-refractivity contribution is -0.161. The standard InChI is InChI=1S/C68H115O11P/c1-4-7-10-13-16-19-22-25-28-31-32-35-38-41-44-47-50-53-56-59-68(72)79-65(61-75-66(70)57-54-51-48-45-42-39-36-33-29-26-23-20-17-14-11-8-5-2)63-77-80(73,74)76-62-64(60-69)78-67(71)58-55-52-49-46-43-40-37-34-30-27-24-21-18-15-12-9-6-3/h7-8,10-11,16-21,25-30,32,35,64-65,69H,4-6,9,12-15,22-24,31,33-34,36-63H2,1-3H3,(H,73,74)/b10-7-,11-8-,19-16-,20-17-,21-18-,28-25-,29-26-,30-27-,35-32-. The maximum absolute atomic E-state index is 13.0. The van der Waals surface area contributed by atoms with Crippen molar-refractivity contribution in [3.05, 3.63) is 109 Å². The number of hydrogen-bond donors (Lipinski definition) is 2. The summed E-state index contributed by atoms with van der Waals surface area (Å²) in [5, 5.41) is 9.85. The van der Waals surface area contributed by atoms with Gasteiger partial charge in [0.05, 0.1) is 19.8 Å². The number of carbonyl (C=O) groups excluding carboxylic acids is 3. The molecule has 0 saturated carbocycles. The summed E-state index contributed by atoms with van der Waals surface area (Å²) in [5.41, 5.74) is 0. The topological polar surface area (TPSA) is 155 Å². The molecule has 0 bridgehead atoms. The van der Waals surface area contributed by atoms with E-state index in [2.05, 4.69) is 130 Å². The fraction of sp³-hybridized carbons (Fsp3) is 0.691. The van der Waals surface area contributed by atoms with Crippen LogP contribution in [-0.2, 0) is 42.2 Å². The van der Waals surface area contributed by atoms with Gasteiger partial charge in [0, 0.05) is 19.3 Å². The van der Waals surface area contributed by atoms with Crippen LogP contribution in [0.1, 0.15) is 265 Å². The second kappa shape index (κ2) is 61.2. The van der Waals surface area contributed by atoms with E-state index >= 15 is 0 Å². The largest absolute Gasteiger partial charge is 0.472 e. The van der Waals surface area contributed by atoms with E-state index in [0.29, 0.717) is 19.3 Å². The summed E-state index contributed by atoms with van der Waals surface area (Å²) in [7, 11) is -4.77. The minimum atomic E-state index is -4.77. The van der Waals surface area contributed by atoms with E-state index < -0.39 is 57.8 Å². The van der Waals surface area contributed by atoms with Crippen molar-refractivity contribution in [2.24, 2.45) is 0 Å². The number of esters is 3. The number of aliphatic hydroxyl groups is 1. The van der Waals surface area contributed by atoms with Gasteiger partial charge < -0.3 is 24.2 Å². The number of phosphoric ester groups is 1. The molecule has 0 heterocycles. The fourth-order valence-electron chi connectivity index (χ4n) is 8.39. The number of phosphoric acid groups is 1. The summed E-state index contributed by atoms with van der Waals surface area (Å²) < 4.78 is 39.7. The van der Waals surface area contributed by atoms with Crippen molar-refractivity contribution in [1.29, 1.82) is 0 Å². The molecule has 0 aliphatic heterocycles. The molecule has 0 spiro atoms. The van der Waals surface area contributed by atoms with Gasteiger partial charge in [0.1, 0.15) is 12.7 Å². The zero-order valence-electron chi connectivity index (χ0n) is 50.8. The first kappa shape index (κ1) is 76.1. The van der Waals surface area contributed by atoms with Crippen molar-refractivity contribution < 1.29 is 52.2 Å². The van der Waals surface area contributed by atoms with Gasteiger partial charge in [0.15, 0.2) is 6.10 Å². The number of rotatable bonds is 58. The quantitative estimate of drug-likeness (QED) is 0.0197. The fourth-order valence-corrected chi connectivity index (χ4v) is 9.18. The van der Waals surface area contributed by atoms with Crippen molar-refractivity contribution in [2.45, 2.75) is 277 Å². The van der Waals surface area contributed by atoms with Crippen molar-refractivity contribution >= 4 is 25.7 Å². The van der Waals surface area contributed by atoms with E-state index in [1.807, 2.05) is 0 Å². The summed E-state index contributed by atoms with van der Waals surface area (Å²) in [6, 6.07) is 0. The van der Waals surface area contributed by atoms with E-state index in [9.17, 15) is 28.9 Å². The number of aliphatic hydroxyl groups excluding tert-OH is 1. The zero-order valence-corrected chi connectivity index (χ0v) is 51.7. The lowest BCUT2D eigenvalue weighted by Crippen LogP contribution is -2.30. The monoisotopic (exact) mass is 1140 g/mol. The van der Waals surface area contributed by atoms with Crippen molar-refractivity contribution in [1.82, 2.24) is 0 Å². The van der Waals surface area contributed by atoms with Crippen LogP contribution in [0, 0.1) is 0 Å². The van der Waals surface area contributed by atoms with Gasteiger partial charge in [-0.15, -0.1) is 0 Å². The van der Waals surface area contributed by atoms with E-state index in [-0.39, 0.29) is 25.9 Å². The van der Waals surface area contributed by atoms with Crippen LogP contribution in [0.3, 0.4) is 0 Å². The Labute approximate surface area is 488 Å². The van der Waals surface area contributed by atoms with Crippen LogP contribution in [0.2, 0.25) is 0 Å². The second-order valence-corrected chi connectivity index (χ2v) is 22.3. The van der Waals surface area contributed by atoms with Gasteiger partial charge in [0.2, 0.25) is 0 Å². The van der Waals surface area contributed by atoms with Crippen LogP contribution in [0.5, 0.6) is 0 Å². The average Bonchev–Trinajstić information content (AvgIpc) is 3.45. The summed E-state index contributed by atoms with van der Waals surface area (Å²) in [5.74, 6) is -1.50. The third kappa shape index (κ3) is 58.8. The Morgan fingerprint density at radius 3 is 1.00 bits per heavy atom. The maximum Gasteiger partial charge on any atom is 0.472 e. The molecule has 3 atom stereocenters. The molecule has 3 unspecified atom stereocenters. The molecule has 0 aromatic heterocycles. The third-order valence-corrected chi connectivity index (χ3v) is 14.1. The Hall–Kier alpha value is -3.86. The molecular weight excluding hydrogens is 1020 g/mol. The van der Waals surface area contributed by atoms with Gasteiger partial charge in [-0.05, 0) is 122 Å². The lowest BCUT2D eigenvalue weighted by Gasteiger charge is -2.21. The Kier molecular flexibility index (Phi) is 58.3. The molecule has 11 nitrogen and oxygen atoms in total. The van der Waals surface area contributed by atoms with Crippen LogP contribution >= 0.6 is 7.82 Å². The number of ether oxygens (including phenoxy) is 3. The molecule has 0 radical (unpaired) electrons. The van der Waals surface area contributed by atoms with Gasteiger partial charge in [-0.2, -0.15) is 0 Å². The van der Waals surface area contributed by atoms with Crippen LogP contribution in [0.25, 0.3) is 0 Å². The molecule has 0 amide bonds. The number of allylic oxidation sites excluding steroid dienone is 18. The first-order valence-electron chi connectivity index (χ1n) is 31.8. The molecule has 12 heteroatoms. The third-order valence-electron chi connectivity index (χ3n) is 13.2. The first-order valence-corrected chi connectivity index (χ1v) is 33.3. The average molecular weight is 1140 g/mol. The van der Waals surface area contributed by atoms with Crippen molar-refractivity contribution in [3.8, 4) is 0 Å². The molecule has 0 aromatic rings. The molecule has 0 aliphatic rings. The normalized spacial score (nSPS) is 14.0. The number of unbranched alkanes of at least 4 members (excludes halogenated alkanes) is 23. The Balaban J connectivity index is 4.76. The molecule has 2 N–H and O–H groups in total. The molecule has 80 heavy (non-hydrogen) atoms. The highest BCUT2D eigenvalue weighted by molar-refractivity contribution is 7.47. The number of hydrogen-bond acceptors (Lipinski definition) is 10. The highest BCUT2D eigenvalue weighted by Gasteiger charge is 2.28. The molecule has 0 rings (SSSR count). The minimum absolute atomic E-state index is 0.144. The lowest BCUT2D eigenvalue weighted by atomic mass is 10.1. The van der Waals surface area contributed by atoms with E-state index in [1.165, 1.54) is 51.4 Å². The second-order valence-electron chi connectivity index (χ2n) is 20.8. The van der Waals surface area contributed by atoms with Crippen LogP contribution in [-0.4, -0.2) is 66.5 Å². The zero-order chi connectivity index (χ0) is 58.3. The van der Waals surface area contributed by atoms with Gasteiger partial charge in [-0.25, -0.2) is 4.57 Å². The van der Waals surface area contributed by atoms with E-state index in [1.54, 1.807) is 0 Å². The first-order chi connectivity index (χ1) is 39.2. The molecule has 0 saturated heterocycles. The summed E-state index contributed by atoms with van der Waals surface area (Å²) in [4.78, 5) is 48.8. The SMILES string of the molecule is CC/C=C\C/C=C\C/C=C\C/C=C\CCCCCCCCC(=O)OC(COC(=O)CCCCCCCCC/C=C\C/C=C\C/C=C\CC)COP(=O)(O)OCC(CO)OC(=O)CCCCCCCCC/C=C\C/C=C\CCCCC. The predicted octanol–water partition coefficient (Wildman–Crippen LogP) is 19.4. The van der Waals surface area contributed by atoms with Gasteiger partial charge >= 0.3 is 25.7 Å². The summed E-state index contributed by atoms with van der Waals surface area (Å²) in [6.45, 7) is 4.38. The molecule has 0 aromatic carbocycles. The highest BCUT2D eigenvalue weighted by Crippen LogP contribution is 2.43. The van der Waals surface area contributed by atoms with E-state index in [0.717, 1.165) is 154 Å². The summed E-state index contributed by atoms with van der Waals surface area (Å²) >= 11 is 0. The van der Waals surface area contributed by atoms with Crippen molar-refractivity contribution in [2.75, 3.05) is 26.4 Å². The molecular formula is C68H115O11P. The van der Waals surface area contributed by atoms with Gasteiger partial charge in [0.25, 0.3) is 0 Å². The number of carbonyl (C=O) groups is 3. The van der Waals surface area contributed by atoms with Gasteiger partial charge in [-0.1, -0.05) is 233 Å².